The lowest BCUT2D eigenvalue weighted by atomic mass is 9.96. The molecule has 1 aliphatic rings. The van der Waals surface area contributed by atoms with Gasteiger partial charge in [-0.2, -0.15) is 0 Å². The fourth-order valence-corrected chi connectivity index (χ4v) is 3.39. The van der Waals surface area contributed by atoms with Crippen LogP contribution >= 0.6 is 0 Å². The molecule has 4 atom stereocenters. The van der Waals surface area contributed by atoms with Crippen molar-refractivity contribution in [2.24, 2.45) is 0 Å². The molecule has 0 saturated carbocycles. The number of hydrogen-bond acceptors (Lipinski definition) is 3. The lowest BCUT2D eigenvalue weighted by Gasteiger charge is -2.41. The van der Waals surface area contributed by atoms with Crippen LogP contribution in [0.2, 0.25) is 0 Å². The second kappa shape index (κ2) is 7.75. The Hall–Kier alpha value is -1.39. The molecule has 1 aromatic rings. The number of nitrogens with one attached hydrogen (secondary N) is 1. The lowest BCUT2D eigenvalue weighted by molar-refractivity contribution is -0.139. The van der Waals surface area contributed by atoms with Gasteiger partial charge in [-0.05, 0) is 45.6 Å². The van der Waals surface area contributed by atoms with Gasteiger partial charge in [0, 0.05) is 12.1 Å². The summed E-state index contributed by atoms with van der Waals surface area (Å²) in [6, 6.07) is 9.85. The van der Waals surface area contributed by atoms with E-state index in [2.05, 4.69) is 19.2 Å². The Morgan fingerprint density at radius 3 is 2.41 bits per heavy atom. The number of nitrogens with zero attached hydrogens (tertiary/aromatic N) is 1. The molecule has 1 aliphatic heterocycles. The van der Waals surface area contributed by atoms with Crippen molar-refractivity contribution >= 4 is 5.91 Å². The van der Waals surface area contributed by atoms with Crippen LogP contribution < -0.4 is 5.32 Å². The highest BCUT2D eigenvalue weighted by atomic mass is 16.3. The summed E-state index contributed by atoms with van der Waals surface area (Å²) in [4.78, 5) is 14.8. The van der Waals surface area contributed by atoms with Crippen molar-refractivity contribution in [3.8, 4) is 0 Å². The minimum absolute atomic E-state index is 0.0211. The number of hydrogen-bond donors (Lipinski definition) is 2. The van der Waals surface area contributed by atoms with E-state index in [1.165, 1.54) is 6.42 Å². The molecule has 122 valence electrons. The van der Waals surface area contributed by atoms with E-state index < -0.39 is 0 Å². The molecular weight excluding hydrogens is 276 g/mol. The first-order valence-corrected chi connectivity index (χ1v) is 8.28. The van der Waals surface area contributed by atoms with Gasteiger partial charge >= 0.3 is 0 Å². The number of benzene rings is 1. The van der Waals surface area contributed by atoms with Crippen molar-refractivity contribution in [3.63, 3.8) is 0 Å². The number of carbonyl (C=O) groups is 1. The maximum absolute atomic E-state index is 12.8. The number of carbonyl (C=O) groups excluding carboxylic acids is 1. The van der Waals surface area contributed by atoms with E-state index in [0.29, 0.717) is 12.1 Å². The summed E-state index contributed by atoms with van der Waals surface area (Å²) in [7, 11) is 0. The Morgan fingerprint density at radius 1 is 1.27 bits per heavy atom. The van der Waals surface area contributed by atoms with Crippen LogP contribution in [0.1, 0.15) is 51.6 Å². The highest BCUT2D eigenvalue weighted by molar-refractivity contribution is 5.82. The van der Waals surface area contributed by atoms with Crippen molar-refractivity contribution in [2.45, 2.75) is 64.2 Å². The van der Waals surface area contributed by atoms with E-state index in [9.17, 15) is 9.90 Å². The SMILES string of the molecule is C[C@H](N[C@H](CO)c1ccccc1)C(=O)N1[C@H](C)CCC[C@H]1C. The Balaban J connectivity index is 2.03. The molecule has 4 nitrogen and oxygen atoms in total. The number of rotatable bonds is 5. The topological polar surface area (TPSA) is 52.6 Å². The van der Waals surface area contributed by atoms with Crippen LogP contribution in [-0.2, 0) is 4.79 Å². The first kappa shape index (κ1) is 17.0. The number of piperidine rings is 1. The largest absolute Gasteiger partial charge is 0.394 e. The van der Waals surface area contributed by atoms with Crippen LogP contribution in [0.4, 0.5) is 0 Å². The number of aliphatic hydroxyl groups excluding tert-OH is 1. The maximum atomic E-state index is 12.8. The molecule has 1 fully saturated rings. The molecular formula is C18H28N2O2. The molecule has 1 saturated heterocycles. The van der Waals surface area contributed by atoms with Crippen LogP contribution in [0.5, 0.6) is 0 Å². The van der Waals surface area contributed by atoms with E-state index in [1.807, 2.05) is 42.2 Å². The van der Waals surface area contributed by atoms with Crippen molar-refractivity contribution in [2.75, 3.05) is 6.61 Å². The Labute approximate surface area is 133 Å². The van der Waals surface area contributed by atoms with Gasteiger partial charge in [0.15, 0.2) is 0 Å². The Bertz CT molecular complexity index is 467. The van der Waals surface area contributed by atoms with E-state index >= 15 is 0 Å². The molecule has 1 amide bonds. The highest BCUT2D eigenvalue weighted by Gasteiger charge is 2.32. The van der Waals surface area contributed by atoms with Gasteiger partial charge in [0.2, 0.25) is 5.91 Å². The first-order chi connectivity index (χ1) is 10.5. The Morgan fingerprint density at radius 2 is 1.86 bits per heavy atom. The number of likely N-dealkylation sites (tertiary alicyclic amines) is 1. The molecule has 0 aliphatic carbocycles. The van der Waals surface area contributed by atoms with Crippen LogP contribution in [0.3, 0.4) is 0 Å². The second-order valence-corrected chi connectivity index (χ2v) is 6.41. The van der Waals surface area contributed by atoms with E-state index in [4.69, 9.17) is 0 Å². The van der Waals surface area contributed by atoms with Gasteiger partial charge in [-0.1, -0.05) is 30.3 Å². The van der Waals surface area contributed by atoms with E-state index in [-0.39, 0.29) is 24.6 Å². The molecule has 1 heterocycles. The minimum Gasteiger partial charge on any atom is -0.394 e. The summed E-state index contributed by atoms with van der Waals surface area (Å²) in [5.41, 5.74) is 1.00. The van der Waals surface area contributed by atoms with Crippen LogP contribution in [-0.4, -0.2) is 40.6 Å². The zero-order valence-corrected chi connectivity index (χ0v) is 13.8. The zero-order chi connectivity index (χ0) is 16.1. The molecule has 1 aromatic carbocycles. The summed E-state index contributed by atoms with van der Waals surface area (Å²) in [6.07, 6.45) is 3.34. The third kappa shape index (κ3) is 3.87. The molecule has 2 rings (SSSR count). The molecule has 4 heteroatoms. The maximum Gasteiger partial charge on any atom is 0.239 e. The fraction of sp³-hybridized carbons (Fsp3) is 0.611. The summed E-state index contributed by atoms with van der Waals surface area (Å²) in [5.74, 6) is 0.133. The van der Waals surface area contributed by atoms with Gasteiger partial charge in [0.05, 0.1) is 18.7 Å². The summed E-state index contributed by atoms with van der Waals surface area (Å²) in [6.45, 7) is 6.12. The standard InChI is InChI=1S/C18H28N2O2/c1-13-8-7-9-14(2)20(13)18(22)15(3)19-17(12-21)16-10-5-4-6-11-16/h4-6,10-11,13-15,17,19,21H,7-9,12H2,1-3H3/t13-,14-,15+,17-/m1/s1. The van der Waals surface area contributed by atoms with Crippen LogP contribution in [0.15, 0.2) is 30.3 Å². The van der Waals surface area contributed by atoms with Gasteiger partial charge in [-0.3, -0.25) is 10.1 Å². The van der Waals surface area contributed by atoms with Gasteiger partial charge in [0.25, 0.3) is 0 Å². The molecule has 0 spiro atoms. The summed E-state index contributed by atoms with van der Waals surface area (Å²) in [5, 5.41) is 12.9. The molecule has 0 aromatic heterocycles. The predicted molar refractivity (Wildman–Crippen MR) is 88.5 cm³/mol. The smallest absolute Gasteiger partial charge is 0.239 e. The quantitative estimate of drug-likeness (QED) is 0.879. The third-order valence-electron chi connectivity index (χ3n) is 4.65. The number of amides is 1. The predicted octanol–water partition coefficient (Wildman–Crippen LogP) is 2.49. The van der Waals surface area contributed by atoms with Crippen molar-refractivity contribution in [1.29, 1.82) is 0 Å². The first-order valence-electron chi connectivity index (χ1n) is 8.28. The molecule has 22 heavy (non-hydrogen) atoms. The fourth-order valence-electron chi connectivity index (χ4n) is 3.39. The van der Waals surface area contributed by atoms with Gasteiger partial charge in [-0.25, -0.2) is 0 Å². The van der Waals surface area contributed by atoms with Gasteiger partial charge in [-0.15, -0.1) is 0 Å². The Kier molecular flexibility index (Phi) is 5.98. The van der Waals surface area contributed by atoms with Crippen molar-refractivity contribution < 1.29 is 9.90 Å². The molecule has 0 unspecified atom stereocenters. The van der Waals surface area contributed by atoms with Gasteiger partial charge in [0.1, 0.15) is 0 Å². The summed E-state index contributed by atoms with van der Waals surface area (Å²) >= 11 is 0. The monoisotopic (exact) mass is 304 g/mol. The second-order valence-electron chi connectivity index (χ2n) is 6.41. The van der Waals surface area contributed by atoms with E-state index in [1.54, 1.807) is 0 Å². The van der Waals surface area contributed by atoms with E-state index in [0.717, 1.165) is 18.4 Å². The van der Waals surface area contributed by atoms with Crippen LogP contribution in [0.25, 0.3) is 0 Å². The highest BCUT2D eigenvalue weighted by Crippen LogP contribution is 2.23. The summed E-state index contributed by atoms with van der Waals surface area (Å²) < 4.78 is 0. The molecule has 2 N–H and O–H groups in total. The average Bonchev–Trinajstić information content (AvgIpc) is 2.52. The van der Waals surface area contributed by atoms with Crippen molar-refractivity contribution in [3.05, 3.63) is 35.9 Å². The van der Waals surface area contributed by atoms with Crippen molar-refractivity contribution in [1.82, 2.24) is 10.2 Å². The number of aliphatic hydroxyl groups is 1. The van der Waals surface area contributed by atoms with Crippen LogP contribution in [0, 0.1) is 0 Å². The third-order valence-corrected chi connectivity index (χ3v) is 4.65. The van der Waals surface area contributed by atoms with Gasteiger partial charge < -0.3 is 10.0 Å². The average molecular weight is 304 g/mol. The lowest BCUT2D eigenvalue weighted by Crippen LogP contribution is -2.54. The minimum atomic E-state index is -0.305. The molecule has 0 bridgehead atoms. The normalized spacial score (nSPS) is 24.8. The molecule has 0 radical (unpaired) electrons. The zero-order valence-electron chi connectivity index (χ0n) is 13.8.